The fraction of sp³-hybridized carbons (Fsp3) is 0. The summed E-state index contributed by atoms with van der Waals surface area (Å²) in [5.74, 6) is -0.530. The molecule has 0 radical (unpaired) electrons. The van der Waals surface area contributed by atoms with Crippen LogP contribution in [0.4, 0.5) is 4.39 Å². The topological polar surface area (TPSA) is 43.6 Å². The number of halogens is 1. The fourth-order valence-corrected chi connectivity index (χ4v) is 1.58. The second-order valence-electron chi connectivity index (χ2n) is 3.33. The van der Waals surface area contributed by atoms with Crippen LogP contribution >= 0.6 is 0 Å². The van der Waals surface area contributed by atoms with Gasteiger partial charge in [-0.15, -0.1) is 5.10 Å². The molecule has 0 amide bonds. The molecule has 0 atom stereocenters. The van der Waals surface area contributed by atoms with E-state index in [1.807, 2.05) is 24.3 Å². The van der Waals surface area contributed by atoms with E-state index in [4.69, 9.17) is 0 Å². The van der Waals surface area contributed by atoms with Crippen LogP contribution in [0.25, 0.3) is 16.7 Å². The maximum Gasteiger partial charge on any atom is 0.214 e. The second kappa shape index (κ2) is 3.37. The fourth-order valence-electron chi connectivity index (χ4n) is 1.58. The highest BCUT2D eigenvalue weighted by molar-refractivity contribution is 5.75. The first-order chi connectivity index (χ1) is 7.84. The quantitative estimate of drug-likeness (QED) is 0.581. The summed E-state index contributed by atoms with van der Waals surface area (Å²) >= 11 is 0. The molecule has 2 aromatic heterocycles. The summed E-state index contributed by atoms with van der Waals surface area (Å²) in [5, 5.41) is 7.97. The van der Waals surface area contributed by atoms with Crippen LogP contribution in [0, 0.1) is 5.95 Å². The number of pyridine rings is 1. The summed E-state index contributed by atoms with van der Waals surface area (Å²) in [5.41, 5.74) is 2.23. The van der Waals surface area contributed by atoms with E-state index in [1.54, 1.807) is 10.7 Å². The minimum atomic E-state index is -0.530. The first-order valence-electron chi connectivity index (χ1n) is 4.77. The Morgan fingerprint density at radius 1 is 1.12 bits per heavy atom. The average Bonchev–Trinajstić information content (AvgIpc) is 2.72. The van der Waals surface area contributed by atoms with Crippen molar-refractivity contribution in [2.24, 2.45) is 0 Å². The predicted molar refractivity (Wildman–Crippen MR) is 56.6 cm³/mol. The van der Waals surface area contributed by atoms with Crippen molar-refractivity contribution in [3.63, 3.8) is 0 Å². The third-order valence-electron chi connectivity index (χ3n) is 2.31. The van der Waals surface area contributed by atoms with Gasteiger partial charge in [0.15, 0.2) is 0 Å². The lowest BCUT2D eigenvalue weighted by Gasteiger charge is -2.00. The summed E-state index contributed by atoms with van der Waals surface area (Å²) in [7, 11) is 0. The number of rotatable bonds is 1. The molecule has 0 fully saturated rings. The van der Waals surface area contributed by atoms with Crippen LogP contribution in [-0.2, 0) is 0 Å². The van der Waals surface area contributed by atoms with Gasteiger partial charge in [0.05, 0.1) is 11.2 Å². The molecule has 0 saturated heterocycles. The number of hydrogen-bond donors (Lipinski definition) is 0. The SMILES string of the molecule is Fc1cc(-n2nnc3ccccc32)ccn1. The highest BCUT2D eigenvalue weighted by atomic mass is 19.1. The van der Waals surface area contributed by atoms with Crippen LogP contribution < -0.4 is 0 Å². The normalized spacial score (nSPS) is 10.8. The van der Waals surface area contributed by atoms with Crippen molar-refractivity contribution in [1.29, 1.82) is 0 Å². The number of fused-ring (bicyclic) bond motifs is 1. The molecule has 0 aliphatic rings. The average molecular weight is 214 g/mol. The highest BCUT2D eigenvalue weighted by Gasteiger charge is 2.06. The zero-order valence-electron chi connectivity index (χ0n) is 8.21. The van der Waals surface area contributed by atoms with Crippen LogP contribution in [-0.4, -0.2) is 20.0 Å². The van der Waals surface area contributed by atoms with E-state index in [0.717, 1.165) is 11.0 Å². The summed E-state index contributed by atoms with van der Waals surface area (Å²) in [4.78, 5) is 3.50. The summed E-state index contributed by atoms with van der Waals surface area (Å²) in [6.07, 6.45) is 1.40. The first kappa shape index (κ1) is 8.96. The third-order valence-corrected chi connectivity index (χ3v) is 2.31. The Balaban J connectivity index is 2.26. The molecule has 16 heavy (non-hydrogen) atoms. The zero-order chi connectivity index (χ0) is 11.0. The summed E-state index contributed by atoms with van der Waals surface area (Å²) in [6.45, 7) is 0. The Bertz CT molecular complexity index is 647. The molecule has 78 valence electrons. The Morgan fingerprint density at radius 2 is 2.00 bits per heavy atom. The molecule has 3 rings (SSSR count). The minimum Gasteiger partial charge on any atom is -0.228 e. The Morgan fingerprint density at radius 3 is 2.88 bits per heavy atom. The van der Waals surface area contributed by atoms with Crippen molar-refractivity contribution >= 4 is 11.0 Å². The largest absolute Gasteiger partial charge is 0.228 e. The third kappa shape index (κ3) is 1.33. The molecule has 0 aliphatic heterocycles. The molecule has 0 aliphatic carbocycles. The molecule has 0 N–H and O–H groups in total. The van der Waals surface area contributed by atoms with E-state index in [2.05, 4.69) is 15.3 Å². The standard InChI is InChI=1S/C11H7FN4/c12-11-7-8(5-6-13-11)16-10-4-2-1-3-9(10)14-15-16/h1-7H. The molecule has 0 unspecified atom stereocenters. The van der Waals surface area contributed by atoms with Crippen molar-refractivity contribution in [2.75, 3.05) is 0 Å². The molecule has 0 bridgehead atoms. The van der Waals surface area contributed by atoms with Crippen LogP contribution in [0.15, 0.2) is 42.6 Å². The van der Waals surface area contributed by atoms with Crippen molar-refractivity contribution in [1.82, 2.24) is 20.0 Å². The van der Waals surface area contributed by atoms with Crippen LogP contribution in [0.3, 0.4) is 0 Å². The van der Waals surface area contributed by atoms with Crippen LogP contribution in [0.2, 0.25) is 0 Å². The summed E-state index contributed by atoms with van der Waals surface area (Å²) in [6, 6.07) is 10.5. The van der Waals surface area contributed by atoms with Gasteiger partial charge in [-0.2, -0.15) is 4.39 Å². The van der Waals surface area contributed by atoms with E-state index in [0.29, 0.717) is 5.69 Å². The molecular formula is C11H7FN4. The molecule has 4 nitrogen and oxygen atoms in total. The first-order valence-corrected chi connectivity index (χ1v) is 4.77. The van der Waals surface area contributed by atoms with E-state index in [1.165, 1.54) is 12.3 Å². The zero-order valence-corrected chi connectivity index (χ0v) is 8.21. The highest BCUT2D eigenvalue weighted by Crippen LogP contribution is 2.15. The Kier molecular flexibility index (Phi) is 1.89. The smallest absolute Gasteiger partial charge is 0.214 e. The van der Waals surface area contributed by atoms with Crippen LogP contribution in [0.1, 0.15) is 0 Å². The number of aromatic nitrogens is 4. The minimum absolute atomic E-state index is 0.530. The molecule has 0 saturated carbocycles. The lowest BCUT2D eigenvalue weighted by atomic mass is 10.3. The monoisotopic (exact) mass is 214 g/mol. The maximum absolute atomic E-state index is 13.0. The van der Waals surface area contributed by atoms with Gasteiger partial charge in [-0.3, -0.25) is 0 Å². The Labute approximate surface area is 90.4 Å². The molecule has 0 spiro atoms. The van der Waals surface area contributed by atoms with E-state index < -0.39 is 5.95 Å². The van der Waals surface area contributed by atoms with E-state index >= 15 is 0 Å². The number of para-hydroxylation sites is 1. The van der Waals surface area contributed by atoms with Gasteiger partial charge in [0.1, 0.15) is 5.52 Å². The molecule has 2 heterocycles. The van der Waals surface area contributed by atoms with Crippen molar-refractivity contribution in [2.45, 2.75) is 0 Å². The molecule has 5 heteroatoms. The van der Waals surface area contributed by atoms with E-state index in [9.17, 15) is 4.39 Å². The van der Waals surface area contributed by atoms with Crippen LogP contribution in [0.5, 0.6) is 0 Å². The Hall–Kier alpha value is -2.30. The predicted octanol–water partition coefficient (Wildman–Crippen LogP) is 1.95. The van der Waals surface area contributed by atoms with Gasteiger partial charge in [-0.05, 0) is 18.2 Å². The molecule has 1 aromatic carbocycles. The van der Waals surface area contributed by atoms with Crippen molar-refractivity contribution in [3.05, 3.63) is 48.5 Å². The van der Waals surface area contributed by atoms with Gasteiger partial charge in [0.2, 0.25) is 5.95 Å². The van der Waals surface area contributed by atoms with Gasteiger partial charge in [-0.25, -0.2) is 9.67 Å². The number of benzene rings is 1. The molecule has 3 aromatic rings. The van der Waals surface area contributed by atoms with Gasteiger partial charge < -0.3 is 0 Å². The number of hydrogen-bond acceptors (Lipinski definition) is 3. The lowest BCUT2D eigenvalue weighted by molar-refractivity contribution is 0.581. The van der Waals surface area contributed by atoms with Gasteiger partial charge in [0, 0.05) is 12.3 Å². The van der Waals surface area contributed by atoms with Gasteiger partial charge in [-0.1, -0.05) is 17.3 Å². The lowest BCUT2D eigenvalue weighted by Crippen LogP contribution is -1.97. The van der Waals surface area contributed by atoms with Gasteiger partial charge >= 0.3 is 0 Å². The number of nitrogens with zero attached hydrogens (tertiary/aromatic N) is 4. The van der Waals surface area contributed by atoms with E-state index in [-0.39, 0.29) is 0 Å². The maximum atomic E-state index is 13.0. The summed E-state index contributed by atoms with van der Waals surface area (Å²) < 4.78 is 14.6. The second-order valence-corrected chi connectivity index (χ2v) is 3.33. The molecular weight excluding hydrogens is 207 g/mol. The van der Waals surface area contributed by atoms with Crippen molar-refractivity contribution in [3.8, 4) is 5.69 Å². The van der Waals surface area contributed by atoms with Crippen molar-refractivity contribution < 1.29 is 4.39 Å². The van der Waals surface area contributed by atoms with Gasteiger partial charge in [0.25, 0.3) is 0 Å².